The van der Waals surface area contributed by atoms with E-state index in [-0.39, 0.29) is 21.7 Å². The molecule has 6 heteroatoms. The molecule has 0 aromatic heterocycles. The summed E-state index contributed by atoms with van der Waals surface area (Å²) in [5.41, 5.74) is 21.0. The molecule has 4 aliphatic heterocycles. The summed E-state index contributed by atoms with van der Waals surface area (Å²) < 4.78 is 4.88. The van der Waals surface area contributed by atoms with Crippen molar-refractivity contribution in [1.82, 2.24) is 0 Å². The average molecular weight is 1240 g/mol. The van der Waals surface area contributed by atoms with Gasteiger partial charge in [-0.25, -0.2) is 0 Å². The van der Waals surface area contributed by atoms with Crippen LogP contribution in [0.3, 0.4) is 0 Å². The summed E-state index contributed by atoms with van der Waals surface area (Å²) >= 11 is 3.89. The Morgan fingerprint density at radius 1 is 0.359 bits per heavy atom. The molecule has 0 fully saturated rings. The molecule has 0 atom stereocenters. The molecule has 15 rings (SSSR count). The van der Waals surface area contributed by atoms with Gasteiger partial charge in [0.2, 0.25) is 11.4 Å². The Morgan fingerprint density at radius 3 is 1.07 bits per heavy atom. The van der Waals surface area contributed by atoms with Crippen molar-refractivity contribution in [2.75, 3.05) is 38.0 Å². The molecule has 9 aromatic rings. The molecule has 4 heterocycles. The zero-order valence-corrected chi connectivity index (χ0v) is 57.3. The number of likely N-dealkylation sites (N-methyl/N-ethyl adjacent to an activating group) is 2. The molecule has 92 heavy (non-hydrogen) atoms. The number of hydrogen-bond donors (Lipinski definition) is 0. The lowest BCUT2D eigenvalue weighted by Gasteiger charge is -2.25. The van der Waals surface area contributed by atoms with Gasteiger partial charge >= 0.3 is 0 Å². The van der Waals surface area contributed by atoms with Crippen LogP contribution in [-0.2, 0) is 21.7 Å². The minimum absolute atomic E-state index is 0.179. The summed E-state index contributed by atoms with van der Waals surface area (Å²) in [5, 5.41) is 10.5. The molecule has 0 spiro atoms. The van der Waals surface area contributed by atoms with Crippen LogP contribution in [0.25, 0.3) is 43.1 Å². The fraction of sp³-hybridized carbons (Fsp3) is 0.256. The maximum Gasteiger partial charge on any atom is 0.210 e. The summed E-state index contributed by atoms with van der Waals surface area (Å²) in [4.78, 5) is 10.1. The standard InChI is InChI=1S/C86H84N4S2/c1-83(2)73(87(9)69-47-35-55-23-13-17-31-65(55)77(69)83)51-39-59-27-21-28-60(40-52-74-84(3,4)78-66-32-18-14-24-56(66)36-48-70(78)88(74)10)81(59)91-63-43-45-64(46-44-63)92-82-61(41-53-75-85(5,6)79-67-33-19-15-25-57(67)37-49-71(79)89(75)11)29-22-30-62(82)42-54-76-86(7,8)80-68-34-20-16-26-58(68)38-50-72(80)90(76)12/h13-20,23-26,31-54H,21-22,27-30H2,1-12H3/q+2. The van der Waals surface area contributed by atoms with E-state index >= 15 is 0 Å². The molecular weight excluding hydrogens is 1150 g/mol. The second-order valence-corrected chi connectivity index (χ2v) is 30.6. The first-order chi connectivity index (χ1) is 44.3. The van der Waals surface area contributed by atoms with E-state index in [9.17, 15) is 0 Å². The summed E-state index contributed by atoms with van der Waals surface area (Å²) in [7, 11) is 9.03. The van der Waals surface area contributed by atoms with E-state index in [1.165, 1.54) is 153 Å². The van der Waals surface area contributed by atoms with Gasteiger partial charge in [-0.05, 0) is 203 Å². The Bertz CT molecular complexity index is 4650. The molecule has 0 radical (unpaired) electrons. The number of hydrogen-bond acceptors (Lipinski definition) is 4. The predicted octanol–water partition coefficient (Wildman–Crippen LogP) is 22.4. The van der Waals surface area contributed by atoms with Crippen LogP contribution in [0.2, 0.25) is 0 Å². The predicted molar refractivity (Wildman–Crippen MR) is 397 cm³/mol. The molecule has 0 saturated heterocycles. The highest BCUT2D eigenvalue weighted by molar-refractivity contribution is 8.03. The van der Waals surface area contributed by atoms with Crippen LogP contribution in [0.5, 0.6) is 0 Å². The van der Waals surface area contributed by atoms with Crippen molar-refractivity contribution in [1.29, 1.82) is 0 Å². The van der Waals surface area contributed by atoms with Gasteiger partial charge in [-0.3, -0.25) is 0 Å². The Balaban J connectivity index is 0.802. The highest BCUT2D eigenvalue weighted by Gasteiger charge is 2.47. The van der Waals surface area contributed by atoms with Crippen molar-refractivity contribution in [2.24, 2.45) is 0 Å². The van der Waals surface area contributed by atoms with E-state index in [2.05, 4.69) is 321 Å². The fourth-order valence-electron chi connectivity index (χ4n) is 17.0. The van der Waals surface area contributed by atoms with Crippen molar-refractivity contribution >= 4 is 101 Å². The summed E-state index contributed by atoms with van der Waals surface area (Å²) in [5.74, 6) is 0. The maximum atomic E-state index is 2.48. The van der Waals surface area contributed by atoms with Crippen molar-refractivity contribution in [3.63, 3.8) is 0 Å². The Kier molecular flexibility index (Phi) is 14.8. The lowest BCUT2D eigenvalue weighted by atomic mass is 9.78. The van der Waals surface area contributed by atoms with Gasteiger partial charge in [0.15, 0.2) is 11.4 Å². The van der Waals surface area contributed by atoms with E-state index in [1.807, 2.05) is 23.5 Å². The van der Waals surface area contributed by atoms with E-state index < -0.39 is 0 Å². The molecule has 0 unspecified atom stereocenters. The van der Waals surface area contributed by atoms with Gasteiger partial charge < -0.3 is 9.80 Å². The Labute approximate surface area is 553 Å². The first-order valence-electron chi connectivity index (χ1n) is 33.2. The van der Waals surface area contributed by atoms with Crippen LogP contribution >= 0.6 is 23.5 Å². The van der Waals surface area contributed by atoms with Crippen molar-refractivity contribution < 1.29 is 9.15 Å². The molecule has 6 aliphatic rings. The van der Waals surface area contributed by atoms with Gasteiger partial charge in [-0.15, -0.1) is 0 Å². The van der Waals surface area contributed by atoms with E-state index in [4.69, 9.17) is 0 Å². The smallest absolute Gasteiger partial charge is 0.210 e. The van der Waals surface area contributed by atoms with E-state index in [1.54, 1.807) is 0 Å². The Hall–Kier alpha value is -8.42. The summed E-state index contributed by atoms with van der Waals surface area (Å²) in [6.07, 6.45) is 26.0. The molecule has 4 nitrogen and oxygen atoms in total. The molecule has 0 amide bonds. The lowest BCUT2D eigenvalue weighted by molar-refractivity contribution is -0.401. The highest BCUT2D eigenvalue weighted by atomic mass is 32.2. The van der Waals surface area contributed by atoms with Crippen LogP contribution < -0.4 is 9.80 Å². The minimum Gasteiger partial charge on any atom is -0.347 e. The number of fused-ring (bicyclic) bond motifs is 12. The molecule has 2 aliphatic carbocycles. The molecule has 0 N–H and O–H groups in total. The van der Waals surface area contributed by atoms with Gasteiger partial charge in [0, 0.05) is 103 Å². The quantitative estimate of drug-likeness (QED) is 0.127. The van der Waals surface area contributed by atoms with E-state index in [0.717, 1.165) is 38.5 Å². The fourth-order valence-corrected chi connectivity index (χ4v) is 19.2. The lowest BCUT2D eigenvalue weighted by Crippen LogP contribution is -2.27. The molecule has 458 valence electrons. The molecular formula is C86H84N4S2+2. The van der Waals surface area contributed by atoms with Crippen LogP contribution in [0, 0.1) is 0 Å². The second-order valence-electron chi connectivity index (χ2n) is 28.5. The SMILES string of the molecule is CN1C(=CC=C2CCCC(C=CC3=[N+](C)c4ccc5ccccc5c4C3(C)C)=C2Sc2ccc(SC3=C(C=CC4=[N+](C)c5ccc6ccccc6c5C4(C)C)CCCC3=CC=C3N(C)c4ccc5ccccc5c4C3(C)C)cc2)C(C)(C)c2c1ccc1ccccc21. The maximum absolute atomic E-state index is 2.48. The third kappa shape index (κ3) is 9.71. The number of benzene rings is 9. The van der Waals surface area contributed by atoms with Crippen molar-refractivity contribution in [3.8, 4) is 0 Å². The van der Waals surface area contributed by atoms with Crippen molar-refractivity contribution in [2.45, 2.75) is 125 Å². The molecule has 9 aromatic carbocycles. The normalized spacial score (nSPS) is 20.8. The third-order valence-electron chi connectivity index (χ3n) is 21.6. The van der Waals surface area contributed by atoms with Crippen molar-refractivity contribution in [3.05, 3.63) is 284 Å². The van der Waals surface area contributed by atoms with Gasteiger partial charge in [0.25, 0.3) is 0 Å². The zero-order chi connectivity index (χ0) is 63.6. The first kappa shape index (κ1) is 59.9. The van der Waals surface area contributed by atoms with Gasteiger partial charge in [-0.2, -0.15) is 9.15 Å². The number of nitrogens with zero attached hydrogens (tertiary/aromatic N) is 4. The second kappa shape index (κ2) is 22.7. The number of allylic oxidation sites excluding steroid dienone is 14. The summed E-state index contributed by atoms with van der Waals surface area (Å²) in [6.45, 7) is 19.3. The van der Waals surface area contributed by atoms with E-state index in [0.29, 0.717) is 0 Å². The minimum atomic E-state index is -0.179. The number of rotatable bonds is 10. The molecule has 0 saturated carbocycles. The van der Waals surface area contributed by atoms with Gasteiger partial charge in [0.05, 0.1) is 10.8 Å². The highest BCUT2D eigenvalue weighted by Crippen LogP contribution is 2.54. The largest absolute Gasteiger partial charge is 0.347 e. The van der Waals surface area contributed by atoms with Gasteiger partial charge in [0.1, 0.15) is 14.1 Å². The monoisotopic (exact) mass is 1240 g/mol. The van der Waals surface area contributed by atoms with Crippen LogP contribution in [0.1, 0.15) is 116 Å². The zero-order valence-electron chi connectivity index (χ0n) is 55.6. The Morgan fingerprint density at radius 2 is 0.696 bits per heavy atom. The van der Waals surface area contributed by atoms with Crippen LogP contribution in [0.15, 0.2) is 272 Å². The number of thioether (sulfide) groups is 2. The van der Waals surface area contributed by atoms with Crippen LogP contribution in [0.4, 0.5) is 22.7 Å². The van der Waals surface area contributed by atoms with Crippen LogP contribution in [-0.4, -0.2) is 48.8 Å². The van der Waals surface area contributed by atoms with Gasteiger partial charge in [-0.1, -0.05) is 185 Å². The topological polar surface area (TPSA) is 12.5 Å². The number of anilines is 2. The molecule has 0 bridgehead atoms. The average Bonchev–Trinajstić information content (AvgIpc) is 1.61. The summed E-state index contributed by atoms with van der Waals surface area (Å²) in [6, 6.07) is 63.6. The third-order valence-corrected chi connectivity index (χ3v) is 24.0. The first-order valence-corrected chi connectivity index (χ1v) is 34.9.